The van der Waals surface area contributed by atoms with E-state index >= 15 is 0 Å². The van der Waals surface area contributed by atoms with Crippen molar-refractivity contribution in [1.29, 1.82) is 0 Å². The molecule has 0 saturated carbocycles. The maximum atomic E-state index is 3.49. The summed E-state index contributed by atoms with van der Waals surface area (Å²) in [5.74, 6) is 0. The van der Waals surface area contributed by atoms with Crippen LogP contribution in [0, 0.1) is 5.41 Å². The van der Waals surface area contributed by atoms with Gasteiger partial charge in [0.1, 0.15) is 0 Å². The first-order chi connectivity index (χ1) is 6.52. The molecule has 82 valence electrons. The molecule has 1 atom stereocenters. The first-order valence-electron chi connectivity index (χ1n) is 5.98. The highest BCUT2D eigenvalue weighted by atomic mass is 15.2. The van der Waals surface area contributed by atoms with E-state index in [1.165, 1.54) is 45.4 Å². The molecule has 2 aliphatic heterocycles. The number of hydrogen-bond acceptors (Lipinski definition) is 2. The second-order valence-electron chi connectivity index (χ2n) is 6.07. The van der Waals surface area contributed by atoms with Gasteiger partial charge in [0.05, 0.1) is 0 Å². The van der Waals surface area contributed by atoms with Crippen LogP contribution in [-0.4, -0.2) is 36.6 Å². The van der Waals surface area contributed by atoms with Gasteiger partial charge in [0, 0.05) is 18.6 Å². The molecular formula is C12H24N2. The first-order valence-corrected chi connectivity index (χ1v) is 5.98. The van der Waals surface area contributed by atoms with Crippen LogP contribution >= 0.6 is 0 Å². The summed E-state index contributed by atoms with van der Waals surface area (Å²) in [5, 5.41) is 3.49. The Morgan fingerprint density at radius 3 is 2.50 bits per heavy atom. The summed E-state index contributed by atoms with van der Waals surface area (Å²) in [4.78, 5) is 2.69. The number of hydrogen-bond donors (Lipinski definition) is 1. The lowest BCUT2D eigenvalue weighted by atomic mass is 9.88. The Bertz CT molecular complexity index is 204. The molecule has 0 aromatic carbocycles. The fraction of sp³-hybridized carbons (Fsp3) is 1.00. The van der Waals surface area contributed by atoms with Crippen LogP contribution in [0.2, 0.25) is 0 Å². The molecule has 14 heavy (non-hydrogen) atoms. The third-order valence-corrected chi connectivity index (χ3v) is 4.10. The van der Waals surface area contributed by atoms with E-state index in [-0.39, 0.29) is 0 Å². The molecule has 2 heterocycles. The zero-order valence-corrected chi connectivity index (χ0v) is 9.90. The standard InChI is InChI=1S/C12H24N2/c1-11(2)5-4-8-14(11)10-12(3)6-7-13-9-12/h13H,4-10H2,1-3H3. The molecule has 2 nitrogen and oxygen atoms in total. The average molecular weight is 196 g/mol. The van der Waals surface area contributed by atoms with Crippen LogP contribution in [-0.2, 0) is 0 Å². The Morgan fingerprint density at radius 2 is 2.00 bits per heavy atom. The monoisotopic (exact) mass is 196 g/mol. The second kappa shape index (κ2) is 3.49. The summed E-state index contributed by atoms with van der Waals surface area (Å²) in [7, 11) is 0. The largest absolute Gasteiger partial charge is 0.316 e. The zero-order valence-electron chi connectivity index (χ0n) is 9.90. The summed E-state index contributed by atoms with van der Waals surface area (Å²) in [6.45, 7) is 12.2. The van der Waals surface area contributed by atoms with Gasteiger partial charge in [-0.3, -0.25) is 4.90 Å². The number of likely N-dealkylation sites (tertiary alicyclic amines) is 1. The minimum absolute atomic E-state index is 0.450. The minimum Gasteiger partial charge on any atom is -0.316 e. The summed E-state index contributed by atoms with van der Waals surface area (Å²) in [5.41, 5.74) is 0.979. The van der Waals surface area contributed by atoms with Crippen LogP contribution in [0.5, 0.6) is 0 Å². The molecule has 0 bridgehead atoms. The fourth-order valence-electron chi connectivity index (χ4n) is 2.92. The van der Waals surface area contributed by atoms with Gasteiger partial charge >= 0.3 is 0 Å². The molecule has 0 aromatic rings. The molecule has 0 radical (unpaired) electrons. The highest BCUT2D eigenvalue weighted by Crippen LogP contribution is 2.34. The zero-order chi connectivity index (χ0) is 10.2. The third-order valence-electron chi connectivity index (χ3n) is 4.10. The predicted octanol–water partition coefficient (Wildman–Crippen LogP) is 1.86. The van der Waals surface area contributed by atoms with Gasteiger partial charge in [-0.1, -0.05) is 6.92 Å². The molecule has 1 N–H and O–H groups in total. The maximum absolute atomic E-state index is 3.49. The maximum Gasteiger partial charge on any atom is 0.0153 e. The van der Waals surface area contributed by atoms with Crippen molar-refractivity contribution in [3.63, 3.8) is 0 Å². The van der Waals surface area contributed by atoms with Gasteiger partial charge in [-0.15, -0.1) is 0 Å². The summed E-state index contributed by atoms with van der Waals surface area (Å²) in [6.07, 6.45) is 4.10. The summed E-state index contributed by atoms with van der Waals surface area (Å²) < 4.78 is 0. The molecule has 0 amide bonds. The van der Waals surface area contributed by atoms with Crippen molar-refractivity contribution in [2.45, 2.75) is 45.6 Å². The molecular weight excluding hydrogens is 172 g/mol. The Balaban J connectivity index is 1.96. The van der Waals surface area contributed by atoms with E-state index in [4.69, 9.17) is 0 Å². The lowest BCUT2D eigenvalue weighted by Gasteiger charge is -2.37. The molecule has 2 saturated heterocycles. The van der Waals surface area contributed by atoms with Crippen molar-refractivity contribution in [2.75, 3.05) is 26.2 Å². The normalized spacial score (nSPS) is 37.9. The summed E-state index contributed by atoms with van der Waals surface area (Å²) >= 11 is 0. The molecule has 1 unspecified atom stereocenters. The van der Waals surface area contributed by atoms with Gasteiger partial charge in [-0.2, -0.15) is 0 Å². The fourth-order valence-corrected chi connectivity index (χ4v) is 2.92. The molecule has 0 aromatic heterocycles. The predicted molar refractivity (Wildman–Crippen MR) is 60.5 cm³/mol. The van der Waals surface area contributed by atoms with Crippen LogP contribution in [0.25, 0.3) is 0 Å². The van der Waals surface area contributed by atoms with Crippen molar-refractivity contribution in [2.24, 2.45) is 5.41 Å². The van der Waals surface area contributed by atoms with Crippen LogP contribution < -0.4 is 5.32 Å². The number of nitrogens with one attached hydrogen (secondary N) is 1. The number of nitrogens with zero attached hydrogens (tertiary/aromatic N) is 1. The Morgan fingerprint density at radius 1 is 1.21 bits per heavy atom. The van der Waals surface area contributed by atoms with Crippen LogP contribution in [0.4, 0.5) is 0 Å². The molecule has 2 heteroatoms. The molecule has 0 aliphatic carbocycles. The van der Waals surface area contributed by atoms with Crippen molar-refractivity contribution >= 4 is 0 Å². The van der Waals surface area contributed by atoms with Crippen LogP contribution in [0.15, 0.2) is 0 Å². The lowest BCUT2D eigenvalue weighted by Crippen LogP contribution is -2.45. The smallest absolute Gasteiger partial charge is 0.0153 e. The van der Waals surface area contributed by atoms with E-state index in [0.29, 0.717) is 11.0 Å². The Hall–Kier alpha value is -0.0800. The van der Waals surface area contributed by atoms with Gasteiger partial charge in [0.2, 0.25) is 0 Å². The molecule has 0 spiro atoms. The van der Waals surface area contributed by atoms with Gasteiger partial charge in [-0.25, -0.2) is 0 Å². The SMILES string of the molecule is CC1(CN2CCCC2(C)C)CCNC1. The average Bonchev–Trinajstić information content (AvgIpc) is 2.61. The number of rotatable bonds is 2. The van der Waals surface area contributed by atoms with Gasteiger partial charge in [-0.05, 0) is 51.6 Å². The van der Waals surface area contributed by atoms with Crippen LogP contribution in [0.1, 0.15) is 40.0 Å². The van der Waals surface area contributed by atoms with Crippen molar-refractivity contribution in [3.05, 3.63) is 0 Å². The quantitative estimate of drug-likeness (QED) is 0.725. The Kier molecular flexibility index (Phi) is 2.61. The van der Waals surface area contributed by atoms with E-state index in [0.717, 1.165) is 0 Å². The minimum atomic E-state index is 0.450. The van der Waals surface area contributed by atoms with E-state index in [9.17, 15) is 0 Å². The van der Waals surface area contributed by atoms with Crippen molar-refractivity contribution < 1.29 is 0 Å². The van der Waals surface area contributed by atoms with E-state index in [1.807, 2.05) is 0 Å². The first kappa shape index (κ1) is 10.4. The summed E-state index contributed by atoms with van der Waals surface area (Å²) in [6, 6.07) is 0. The third kappa shape index (κ3) is 1.96. The second-order valence-corrected chi connectivity index (χ2v) is 6.07. The lowest BCUT2D eigenvalue weighted by molar-refractivity contribution is 0.114. The molecule has 2 aliphatic rings. The highest BCUT2D eigenvalue weighted by Gasteiger charge is 2.38. The highest BCUT2D eigenvalue weighted by molar-refractivity contribution is 4.94. The van der Waals surface area contributed by atoms with E-state index in [1.54, 1.807) is 0 Å². The van der Waals surface area contributed by atoms with Gasteiger partial charge in [0.15, 0.2) is 0 Å². The van der Waals surface area contributed by atoms with Gasteiger partial charge < -0.3 is 5.32 Å². The van der Waals surface area contributed by atoms with Crippen molar-refractivity contribution in [1.82, 2.24) is 10.2 Å². The Labute approximate surface area is 88.1 Å². The topological polar surface area (TPSA) is 15.3 Å². The molecule has 2 fully saturated rings. The molecule has 2 rings (SSSR count). The van der Waals surface area contributed by atoms with Crippen molar-refractivity contribution in [3.8, 4) is 0 Å². The van der Waals surface area contributed by atoms with E-state index < -0.39 is 0 Å². The van der Waals surface area contributed by atoms with E-state index in [2.05, 4.69) is 31.0 Å². The van der Waals surface area contributed by atoms with Gasteiger partial charge in [0.25, 0.3) is 0 Å². The van der Waals surface area contributed by atoms with Crippen LogP contribution in [0.3, 0.4) is 0 Å².